The first-order valence-corrected chi connectivity index (χ1v) is 31.0. The van der Waals surface area contributed by atoms with Crippen molar-refractivity contribution in [2.24, 2.45) is 11.8 Å². The summed E-state index contributed by atoms with van der Waals surface area (Å²) in [4.78, 5) is 102. The highest BCUT2D eigenvalue weighted by Crippen LogP contribution is 2.28. The summed E-state index contributed by atoms with van der Waals surface area (Å²) in [7, 11) is 1.55. The maximum Gasteiger partial charge on any atom is 0.248 e. The first-order chi connectivity index (χ1) is 41.9. The van der Waals surface area contributed by atoms with Gasteiger partial charge in [-0.3, -0.25) is 33.6 Å². The fourth-order valence-corrected chi connectivity index (χ4v) is 11.1. The van der Waals surface area contributed by atoms with Crippen molar-refractivity contribution in [3.8, 4) is 5.75 Å². The van der Waals surface area contributed by atoms with E-state index < -0.39 is 158 Å². The molecule has 0 radical (unpaired) electrons. The number of Topliss-reactive ketones (excluding diaryl/α,β-unsaturated/α-hetero) is 1. The molecule has 6 amide bonds. The number of fused-ring (bicyclic) bond motifs is 2. The molecule has 500 valence electrons. The Morgan fingerprint density at radius 2 is 1.30 bits per heavy atom. The Bertz CT molecular complexity index is 2340. The average molecular weight is 1250 g/mol. The number of phenols is 1. The predicted octanol–water partition coefficient (Wildman–Crippen LogP) is -0.530. The molecule has 8 unspecified atom stereocenters. The summed E-state index contributed by atoms with van der Waals surface area (Å²) < 4.78 is 27.5. The lowest BCUT2D eigenvalue weighted by Gasteiger charge is -2.36. The van der Waals surface area contributed by atoms with Crippen molar-refractivity contribution in [2.45, 2.75) is 210 Å². The molecule has 27 heteroatoms. The lowest BCUT2D eigenvalue weighted by Crippen LogP contribution is -2.62. The zero-order chi connectivity index (χ0) is 65.0. The third-order valence-electron chi connectivity index (χ3n) is 16.2. The van der Waals surface area contributed by atoms with Gasteiger partial charge in [-0.15, -0.1) is 0 Å². The second kappa shape index (κ2) is 39.0. The number of ketones is 1. The minimum absolute atomic E-state index is 0.0107. The number of amides is 6. The first-order valence-electron chi connectivity index (χ1n) is 31.0. The van der Waals surface area contributed by atoms with Crippen LogP contribution in [0.15, 0.2) is 36.5 Å². The van der Waals surface area contributed by atoms with Crippen molar-refractivity contribution in [2.75, 3.05) is 73.1 Å². The number of aliphatic hydroxyl groups is 7. The number of ether oxygens (including phenoxy) is 5. The normalized spacial score (nSPS) is 26.5. The Morgan fingerprint density at radius 3 is 1.91 bits per heavy atom. The molecule has 0 aliphatic carbocycles. The molecule has 27 nitrogen and oxygen atoms in total. The van der Waals surface area contributed by atoms with Gasteiger partial charge in [0.1, 0.15) is 60.1 Å². The molecular formula is C61H101N7O20. The number of carbonyl (C=O) groups excluding carboxylic acids is 7. The molecule has 3 saturated heterocycles. The molecule has 3 fully saturated rings. The number of aromatic hydroxyl groups is 1. The zero-order valence-electron chi connectivity index (χ0n) is 52.1. The summed E-state index contributed by atoms with van der Waals surface area (Å²) in [6.07, 6.45) is -7.89. The number of phenolic OH excluding ortho intramolecular Hbond substituents is 1. The van der Waals surface area contributed by atoms with Gasteiger partial charge in [-0.1, -0.05) is 84.4 Å². The lowest BCUT2D eigenvalue weighted by atomic mass is 9.91. The minimum Gasteiger partial charge on any atom is -0.508 e. The van der Waals surface area contributed by atoms with E-state index in [-0.39, 0.29) is 63.7 Å². The number of rotatable bonds is 33. The van der Waals surface area contributed by atoms with Crippen LogP contribution < -0.4 is 26.6 Å². The lowest BCUT2D eigenvalue weighted by molar-refractivity contribution is -0.149. The van der Waals surface area contributed by atoms with Crippen LogP contribution >= 0.6 is 0 Å². The Balaban J connectivity index is 1.74. The fraction of sp³-hybridized carbons (Fsp3) is 0.754. The van der Waals surface area contributed by atoms with Gasteiger partial charge in [0.05, 0.1) is 83.3 Å². The second-order valence-corrected chi connectivity index (χ2v) is 23.7. The molecule has 3 heterocycles. The number of aliphatic hydroxyl groups excluding tert-OH is 7. The van der Waals surface area contributed by atoms with Gasteiger partial charge in [-0.25, -0.2) is 0 Å². The molecule has 0 spiro atoms. The van der Waals surface area contributed by atoms with E-state index >= 15 is 0 Å². The number of nitrogens with zero attached hydrogens (tertiary/aromatic N) is 2. The van der Waals surface area contributed by atoms with E-state index in [4.69, 9.17) is 23.7 Å². The Kier molecular flexibility index (Phi) is 33.2. The highest BCUT2D eigenvalue weighted by Gasteiger charge is 2.48. The summed E-state index contributed by atoms with van der Waals surface area (Å²) in [6.45, 7) is 13.3. The summed E-state index contributed by atoms with van der Waals surface area (Å²) >= 11 is 0. The van der Waals surface area contributed by atoms with Crippen molar-refractivity contribution in [3.63, 3.8) is 0 Å². The summed E-state index contributed by atoms with van der Waals surface area (Å²) in [6, 6.07) is -5.89. The SMILES string of the molecule is C=C1NC([C@H](O)CC(C)=O)C(=O)N2CC[C@H](O)C2C(=O)N[C@H](OCCOCCOCCOCCOC)[C@H](O)CC(NC(=O)CCCCCCCCC(C)CC(C)CC)C(=O)NC([C@@H](C)O)C(=O)N2C[C@H](O)CC2C(=O)NC1[C@H](O)[C@@H](O)c1ccc(O)cc1. The van der Waals surface area contributed by atoms with E-state index in [0.29, 0.717) is 44.5 Å². The third-order valence-corrected chi connectivity index (χ3v) is 16.2. The minimum atomic E-state index is -2.10. The van der Waals surface area contributed by atoms with Gasteiger partial charge in [0, 0.05) is 51.6 Å². The Morgan fingerprint density at radius 1 is 0.705 bits per heavy atom. The number of unbranched alkanes of at least 4 members (excludes halogenated alkanes) is 5. The molecule has 16 atom stereocenters. The van der Waals surface area contributed by atoms with Crippen molar-refractivity contribution in [1.82, 2.24) is 36.4 Å². The standard InChI is InChI=1S/C61H101N7O20/c1-8-36(2)31-37(3)15-13-11-9-10-12-14-16-49(76)63-44-34-48(75)59(88-30-29-87-28-27-86-26-25-85-24-23-84-7)66-58(81)53-46(73)21-22-67(53)61(83)52(47(74)32-38(4)69)62-39(5)50(55(78)54(77)41-17-19-42(71)20-18-41)64-57(80)45-33-43(72)35-68(45)60(82)51(40(6)70)65-56(44)79/h17-20,36-37,40,43-48,50-55,59,62,70-75,77-78H,5,8-16,21-35H2,1-4,6-7H3,(H,63,76)(H,64,80)(H,65,79)(H,66,81)/t36?,37?,40-,43-,44?,45?,46+,47-,48-,50?,51?,52?,53?,54+,55+,59-/m1/s1. The van der Waals surface area contributed by atoms with Gasteiger partial charge in [-0.05, 0) is 62.6 Å². The van der Waals surface area contributed by atoms with Crippen molar-refractivity contribution >= 4 is 41.2 Å². The zero-order valence-corrected chi connectivity index (χ0v) is 52.1. The summed E-state index contributed by atoms with van der Waals surface area (Å²) in [5.41, 5.74) is -0.466. The van der Waals surface area contributed by atoms with Crippen LogP contribution in [0.5, 0.6) is 5.75 Å². The van der Waals surface area contributed by atoms with E-state index in [1.165, 1.54) is 37.6 Å². The van der Waals surface area contributed by atoms with Crippen molar-refractivity contribution in [3.05, 3.63) is 42.1 Å². The van der Waals surface area contributed by atoms with Gasteiger partial charge in [0.25, 0.3) is 0 Å². The van der Waals surface area contributed by atoms with Crippen LogP contribution in [0.4, 0.5) is 0 Å². The van der Waals surface area contributed by atoms with E-state index in [1.807, 2.05) is 0 Å². The van der Waals surface area contributed by atoms with Gasteiger partial charge in [-0.2, -0.15) is 0 Å². The number of carbonyl (C=O) groups is 7. The largest absolute Gasteiger partial charge is 0.508 e. The van der Waals surface area contributed by atoms with Crippen LogP contribution in [0.3, 0.4) is 0 Å². The molecule has 13 N–H and O–H groups in total. The molecule has 4 rings (SSSR count). The molecule has 1 aromatic carbocycles. The van der Waals surface area contributed by atoms with Crippen LogP contribution in [0, 0.1) is 11.8 Å². The van der Waals surface area contributed by atoms with Crippen LogP contribution in [0.1, 0.15) is 136 Å². The Labute approximate surface area is 516 Å². The second-order valence-electron chi connectivity index (χ2n) is 23.7. The van der Waals surface area contributed by atoms with Crippen LogP contribution in [0.2, 0.25) is 0 Å². The maximum atomic E-state index is 14.9. The van der Waals surface area contributed by atoms with Crippen LogP contribution in [0.25, 0.3) is 0 Å². The quantitative estimate of drug-likeness (QED) is 0.0393. The van der Waals surface area contributed by atoms with Gasteiger partial charge in [0.2, 0.25) is 35.4 Å². The van der Waals surface area contributed by atoms with Crippen LogP contribution in [-0.4, -0.2) is 244 Å². The maximum absolute atomic E-state index is 14.9. The number of methoxy groups -OCH3 is 1. The first kappa shape index (κ1) is 75.0. The Hall–Kier alpha value is -5.43. The molecule has 3 aliphatic rings. The van der Waals surface area contributed by atoms with E-state index in [1.54, 1.807) is 7.11 Å². The topological polar surface area (TPSA) is 394 Å². The van der Waals surface area contributed by atoms with Gasteiger partial charge < -0.3 is 101 Å². The molecule has 1 aromatic rings. The summed E-state index contributed by atoms with van der Waals surface area (Å²) in [5.74, 6) is -5.62. The number of hydrogen-bond acceptors (Lipinski definition) is 21. The smallest absolute Gasteiger partial charge is 0.248 e. The third kappa shape index (κ3) is 24.4. The number of hydrogen-bond donors (Lipinski definition) is 13. The summed E-state index contributed by atoms with van der Waals surface area (Å²) in [5, 5.41) is 104. The van der Waals surface area contributed by atoms with Crippen molar-refractivity contribution in [1.29, 1.82) is 0 Å². The van der Waals surface area contributed by atoms with Crippen molar-refractivity contribution < 1.29 is 98.1 Å². The van der Waals surface area contributed by atoms with E-state index in [0.717, 1.165) is 55.2 Å². The number of benzene rings is 1. The van der Waals surface area contributed by atoms with Gasteiger partial charge in [0.15, 0.2) is 6.23 Å². The average Bonchev–Trinajstić information content (AvgIpc) is 1.81. The highest BCUT2D eigenvalue weighted by molar-refractivity contribution is 5.95. The monoisotopic (exact) mass is 1250 g/mol. The molecule has 0 saturated carbocycles. The number of nitrogens with one attached hydrogen (secondary N) is 5. The molecule has 0 aromatic heterocycles. The molecule has 3 aliphatic heterocycles. The molecule has 88 heavy (non-hydrogen) atoms. The fourth-order valence-electron chi connectivity index (χ4n) is 11.1. The van der Waals surface area contributed by atoms with Gasteiger partial charge >= 0.3 is 0 Å². The highest BCUT2D eigenvalue weighted by atomic mass is 16.6. The van der Waals surface area contributed by atoms with E-state index in [2.05, 4.69) is 53.9 Å². The molecule has 0 bridgehead atoms. The predicted molar refractivity (Wildman–Crippen MR) is 319 cm³/mol. The molecular weight excluding hydrogens is 1150 g/mol. The van der Waals surface area contributed by atoms with E-state index in [9.17, 15) is 74.4 Å². The van der Waals surface area contributed by atoms with Crippen LogP contribution in [-0.2, 0) is 57.2 Å².